The number of aromatic nitrogens is 2. The van der Waals surface area contributed by atoms with Gasteiger partial charge in [0.25, 0.3) is 0 Å². The quantitative estimate of drug-likeness (QED) is 0.894. The Bertz CT molecular complexity index is 619. The Kier molecular flexibility index (Phi) is 3.84. The number of benzene rings is 1. The number of para-hydroxylation sites is 1. The molecule has 0 atom stereocenters. The number of H-pyrrole nitrogens is 1. The van der Waals surface area contributed by atoms with Crippen LogP contribution in [0.25, 0.3) is 11.0 Å². The van der Waals surface area contributed by atoms with Gasteiger partial charge in [-0.25, -0.2) is 4.98 Å². The normalized spacial score (nSPS) is 16.1. The molecule has 2 heterocycles. The molecule has 0 aliphatic carbocycles. The van der Waals surface area contributed by atoms with E-state index in [2.05, 4.69) is 26.3 Å². The van der Waals surface area contributed by atoms with Crippen LogP contribution in [0.3, 0.4) is 0 Å². The van der Waals surface area contributed by atoms with Crippen molar-refractivity contribution in [2.24, 2.45) is 0 Å². The van der Waals surface area contributed by atoms with E-state index >= 15 is 0 Å². The van der Waals surface area contributed by atoms with Crippen molar-refractivity contribution in [2.75, 3.05) is 31.5 Å². The van der Waals surface area contributed by atoms with Crippen molar-refractivity contribution in [3.05, 3.63) is 23.8 Å². The maximum atomic E-state index is 9.06. The Labute approximate surface area is 118 Å². The van der Waals surface area contributed by atoms with E-state index in [1.807, 2.05) is 12.1 Å². The van der Waals surface area contributed by atoms with E-state index < -0.39 is 0 Å². The third-order valence-electron chi connectivity index (χ3n) is 3.80. The van der Waals surface area contributed by atoms with Gasteiger partial charge in [0.05, 0.1) is 11.1 Å². The second-order valence-corrected chi connectivity index (χ2v) is 5.23. The van der Waals surface area contributed by atoms with Crippen molar-refractivity contribution in [1.29, 1.82) is 5.26 Å². The van der Waals surface area contributed by atoms with Gasteiger partial charge in [-0.2, -0.15) is 5.26 Å². The summed E-state index contributed by atoms with van der Waals surface area (Å²) in [5.41, 5.74) is 2.27. The summed E-state index contributed by atoms with van der Waals surface area (Å²) in [6.45, 7) is 4.34. The number of piperidine rings is 1. The number of likely N-dealkylation sites (tertiary alicyclic amines) is 1. The monoisotopic (exact) mass is 269 g/mol. The van der Waals surface area contributed by atoms with Gasteiger partial charge in [0.2, 0.25) is 5.95 Å². The molecule has 3 rings (SSSR count). The minimum absolute atomic E-state index is 0.614. The molecule has 5 nitrogen and oxygen atoms in total. The number of anilines is 1. The molecule has 2 N–H and O–H groups in total. The molecule has 1 aliphatic rings. The van der Waals surface area contributed by atoms with Crippen LogP contribution in [0.1, 0.15) is 24.8 Å². The van der Waals surface area contributed by atoms with E-state index in [0.29, 0.717) is 5.56 Å². The van der Waals surface area contributed by atoms with Crippen LogP contribution in [-0.2, 0) is 0 Å². The van der Waals surface area contributed by atoms with Crippen LogP contribution in [0, 0.1) is 11.3 Å². The zero-order valence-corrected chi connectivity index (χ0v) is 11.5. The van der Waals surface area contributed by atoms with Gasteiger partial charge in [-0.3, -0.25) is 0 Å². The zero-order valence-electron chi connectivity index (χ0n) is 11.5. The lowest BCUT2D eigenvalue weighted by Gasteiger charge is -2.26. The van der Waals surface area contributed by atoms with E-state index in [1.54, 1.807) is 6.07 Å². The van der Waals surface area contributed by atoms with Gasteiger partial charge in [-0.1, -0.05) is 12.5 Å². The molecule has 104 valence electrons. The highest BCUT2D eigenvalue weighted by Crippen LogP contribution is 2.17. The van der Waals surface area contributed by atoms with Gasteiger partial charge in [-0.05, 0) is 38.1 Å². The first kappa shape index (κ1) is 12.9. The Morgan fingerprint density at radius 2 is 2.15 bits per heavy atom. The number of hydrogen-bond donors (Lipinski definition) is 2. The minimum Gasteiger partial charge on any atom is -0.355 e. The standard InChI is InChI=1S/C15H19N5/c16-11-12-5-4-6-13-14(12)19-15(18-13)17-7-10-20-8-2-1-3-9-20/h4-6H,1-3,7-10H2,(H2,17,18,19). The molecular weight excluding hydrogens is 250 g/mol. The maximum Gasteiger partial charge on any atom is 0.201 e. The number of aromatic amines is 1. The van der Waals surface area contributed by atoms with Gasteiger partial charge in [-0.15, -0.1) is 0 Å². The second kappa shape index (κ2) is 5.93. The van der Waals surface area contributed by atoms with E-state index in [1.165, 1.54) is 32.4 Å². The third-order valence-corrected chi connectivity index (χ3v) is 3.80. The van der Waals surface area contributed by atoms with E-state index in [-0.39, 0.29) is 0 Å². The third kappa shape index (κ3) is 2.75. The van der Waals surface area contributed by atoms with Crippen molar-refractivity contribution in [1.82, 2.24) is 14.9 Å². The Morgan fingerprint density at radius 1 is 1.30 bits per heavy atom. The Morgan fingerprint density at radius 3 is 2.95 bits per heavy atom. The smallest absolute Gasteiger partial charge is 0.201 e. The summed E-state index contributed by atoms with van der Waals surface area (Å²) in [7, 11) is 0. The van der Waals surface area contributed by atoms with Crippen LogP contribution >= 0.6 is 0 Å². The van der Waals surface area contributed by atoms with Crippen LogP contribution in [0.15, 0.2) is 18.2 Å². The average molecular weight is 269 g/mol. The molecule has 0 spiro atoms. The maximum absolute atomic E-state index is 9.06. The van der Waals surface area contributed by atoms with Crippen LogP contribution < -0.4 is 5.32 Å². The van der Waals surface area contributed by atoms with Crippen LogP contribution in [0.5, 0.6) is 0 Å². The summed E-state index contributed by atoms with van der Waals surface area (Å²) >= 11 is 0. The topological polar surface area (TPSA) is 67.7 Å². The van der Waals surface area contributed by atoms with Gasteiger partial charge in [0.15, 0.2) is 0 Å². The lowest BCUT2D eigenvalue weighted by Crippen LogP contribution is -2.33. The lowest BCUT2D eigenvalue weighted by molar-refractivity contribution is 0.237. The molecule has 0 unspecified atom stereocenters. The average Bonchev–Trinajstić information content (AvgIpc) is 2.91. The highest BCUT2D eigenvalue weighted by molar-refractivity contribution is 5.83. The van der Waals surface area contributed by atoms with Gasteiger partial charge >= 0.3 is 0 Å². The molecule has 1 saturated heterocycles. The SMILES string of the molecule is N#Cc1cccc2[nH]c(NCCN3CCCCC3)nc12. The highest BCUT2D eigenvalue weighted by Gasteiger charge is 2.10. The van der Waals surface area contributed by atoms with Crippen molar-refractivity contribution in [3.63, 3.8) is 0 Å². The van der Waals surface area contributed by atoms with E-state index in [9.17, 15) is 0 Å². The molecule has 0 radical (unpaired) electrons. The first-order chi connectivity index (χ1) is 9.86. The number of nitrogens with zero attached hydrogens (tertiary/aromatic N) is 3. The molecule has 1 fully saturated rings. The molecule has 20 heavy (non-hydrogen) atoms. The fourth-order valence-electron chi connectivity index (χ4n) is 2.72. The van der Waals surface area contributed by atoms with Gasteiger partial charge in [0.1, 0.15) is 11.6 Å². The fraction of sp³-hybridized carbons (Fsp3) is 0.467. The first-order valence-corrected chi connectivity index (χ1v) is 7.22. The molecule has 0 saturated carbocycles. The minimum atomic E-state index is 0.614. The number of hydrogen-bond acceptors (Lipinski definition) is 4. The predicted molar refractivity (Wildman–Crippen MR) is 79.6 cm³/mol. The molecule has 0 bridgehead atoms. The van der Waals surface area contributed by atoms with Crippen molar-refractivity contribution < 1.29 is 0 Å². The number of fused-ring (bicyclic) bond motifs is 1. The number of nitriles is 1. The largest absolute Gasteiger partial charge is 0.355 e. The summed E-state index contributed by atoms with van der Waals surface area (Å²) in [6, 6.07) is 7.78. The fourth-order valence-corrected chi connectivity index (χ4v) is 2.72. The molecule has 2 aromatic rings. The first-order valence-electron chi connectivity index (χ1n) is 7.22. The summed E-state index contributed by atoms with van der Waals surface area (Å²) in [6.07, 6.45) is 4.00. The van der Waals surface area contributed by atoms with Gasteiger partial charge < -0.3 is 15.2 Å². The molecular formula is C15H19N5. The van der Waals surface area contributed by atoms with Crippen molar-refractivity contribution in [2.45, 2.75) is 19.3 Å². The molecule has 1 aliphatic heterocycles. The summed E-state index contributed by atoms with van der Waals surface area (Å²) in [5, 5.41) is 12.4. The highest BCUT2D eigenvalue weighted by atomic mass is 15.2. The molecule has 5 heteroatoms. The van der Waals surface area contributed by atoms with Crippen molar-refractivity contribution in [3.8, 4) is 6.07 Å². The van der Waals surface area contributed by atoms with E-state index in [0.717, 1.165) is 30.1 Å². The molecule has 1 aromatic heterocycles. The predicted octanol–water partition coefficient (Wildman–Crippen LogP) is 2.33. The lowest BCUT2D eigenvalue weighted by atomic mass is 10.1. The number of imidazole rings is 1. The van der Waals surface area contributed by atoms with Gasteiger partial charge in [0, 0.05) is 13.1 Å². The van der Waals surface area contributed by atoms with E-state index in [4.69, 9.17) is 5.26 Å². The van der Waals surface area contributed by atoms with Crippen LogP contribution in [0.4, 0.5) is 5.95 Å². The molecule has 0 amide bonds. The number of rotatable bonds is 4. The van der Waals surface area contributed by atoms with Crippen molar-refractivity contribution >= 4 is 17.0 Å². The summed E-state index contributed by atoms with van der Waals surface area (Å²) in [4.78, 5) is 10.2. The summed E-state index contributed by atoms with van der Waals surface area (Å²) < 4.78 is 0. The molecule has 1 aromatic carbocycles. The Balaban J connectivity index is 1.61. The van der Waals surface area contributed by atoms with Crippen LogP contribution in [0.2, 0.25) is 0 Å². The number of nitrogens with one attached hydrogen (secondary N) is 2. The summed E-state index contributed by atoms with van der Waals surface area (Å²) in [5.74, 6) is 0.750. The Hall–Kier alpha value is -2.06. The zero-order chi connectivity index (χ0) is 13.8. The van der Waals surface area contributed by atoms with Crippen LogP contribution in [-0.4, -0.2) is 41.0 Å². The second-order valence-electron chi connectivity index (χ2n) is 5.23.